The maximum Gasteiger partial charge on any atom is 0.221 e. The Balaban J connectivity index is 2.68. The molecule has 0 fully saturated rings. The van der Waals surface area contributed by atoms with Crippen molar-refractivity contribution in [2.75, 3.05) is 10.6 Å². The van der Waals surface area contributed by atoms with Gasteiger partial charge in [-0.25, -0.2) is 0 Å². The molecule has 0 aliphatic rings. The first-order valence-corrected chi connectivity index (χ1v) is 4.43. The normalized spacial score (nSPS) is 9.21. The highest BCUT2D eigenvalue weighted by atomic mass is 32.1. The van der Waals surface area contributed by atoms with E-state index in [9.17, 15) is 4.79 Å². The number of carbonyl (C=O) groups is 1. The summed E-state index contributed by atoms with van der Waals surface area (Å²) in [5.41, 5.74) is 6.83. The monoisotopic (exact) mass is 209 g/mol. The molecule has 5 heteroatoms. The van der Waals surface area contributed by atoms with E-state index in [2.05, 4.69) is 22.9 Å². The predicted molar refractivity (Wildman–Crippen MR) is 61.2 cm³/mol. The lowest BCUT2D eigenvalue weighted by Gasteiger charge is -2.05. The second-order valence-electron chi connectivity index (χ2n) is 2.75. The van der Waals surface area contributed by atoms with Crippen molar-refractivity contribution in [2.45, 2.75) is 6.92 Å². The largest absolute Gasteiger partial charge is 0.376 e. The number of rotatable bonds is 2. The summed E-state index contributed by atoms with van der Waals surface area (Å²) in [5.74, 6) is -0.0972. The maximum absolute atomic E-state index is 10.7. The third-order valence-electron chi connectivity index (χ3n) is 1.47. The van der Waals surface area contributed by atoms with Crippen molar-refractivity contribution in [3.63, 3.8) is 0 Å². The molecular formula is C9H11N3OS. The fourth-order valence-corrected chi connectivity index (χ4v) is 1.10. The first kappa shape index (κ1) is 10.5. The number of amides is 1. The van der Waals surface area contributed by atoms with E-state index in [1.807, 2.05) is 0 Å². The molecule has 0 aromatic heterocycles. The number of benzene rings is 1. The molecule has 0 bridgehead atoms. The Bertz CT molecular complexity index is 313. The molecule has 4 nitrogen and oxygen atoms in total. The van der Waals surface area contributed by atoms with Crippen LogP contribution in [0.3, 0.4) is 0 Å². The zero-order valence-electron chi connectivity index (χ0n) is 7.70. The molecule has 0 atom stereocenters. The van der Waals surface area contributed by atoms with E-state index in [0.29, 0.717) is 0 Å². The van der Waals surface area contributed by atoms with Gasteiger partial charge in [0.25, 0.3) is 0 Å². The van der Waals surface area contributed by atoms with Crippen molar-refractivity contribution in [1.29, 1.82) is 0 Å². The lowest BCUT2D eigenvalue weighted by atomic mass is 10.3. The van der Waals surface area contributed by atoms with E-state index in [4.69, 9.17) is 5.73 Å². The third kappa shape index (κ3) is 3.40. The second kappa shape index (κ2) is 4.57. The van der Waals surface area contributed by atoms with Crippen LogP contribution in [0.4, 0.5) is 11.4 Å². The van der Waals surface area contributed by atoms with Gasteiger partial charge in [0.2, 0.25) is 5.91 Å². The van der Waals surface area contributed by atoms with Gasteiger partial charge in [-0.15, -0.1) is 0 Å². The highest BCUT2D eigenvalue weighted by Gasteiger charge is 1.96. The van der Waals surface area contributed by atoms with Crippen LogP contribution in [0.15, 0.2) is 24.3 Å². The third-order valence-corrected chi connectivity index (χ3v) is 1.57. The molecule has 0 heterocycles. The van der Waals surface area contributed by atoms with E-state index in [0.717, 1.165) is 11.4 Å². The fourth-order valence-electron chi connectivity index (χ4n) is 0.982. The molecule has 0 saturated heterocycles. The van der Waals surface area contributed by atoms with Crippen molar-refractivity contribution in [3.05, 3.63) is 24.3 Å². The van der Waals surface area contributed by atoms with Gasteiger partial charge in [0.15, 0.2) is 5.11 Å². The minimum absolute atomic E-state index is 0.0972. The Labute approximate surface area is 87.5 Å². The average Bonchev–Trinajstić information content (AvgIpc) is 2.06. The zero-order chi connectivity index (χ0) is 10.6. The number of anilines is 2. The molecule has 1 aromatic rings. The standard InChI is InChI=1S/C9H11N3OS/c1-6(13)11-7-2-4-8(5-3-7)12-9(10)14/h2-5H,1H3,(H,11,13)(H3,10,12,14). The van der Waals surface area contributed by atoms with Gasteiger partial charge in [-0.3, -0.25) is 4.79 Å². The van der Waals surface area contributed by atoms with Crippen molar-refractivity contribution >= 4 is 34.6 Å². The molecule has 0 saturated carbocycles. The number of hydrogen-bond donors (Lipinski definition) is 3. The van der Waals surface area contributed by atoms with Crippen LogP contribution in [-0.2, 0) is 4.79 Å². The summed E-state index contributed by atoms with van der Waals surface area (Å²) in [6.07, 6.45) is 0. The molecule has 0 radical (unpaired) electrons. The average molecular weight is 209 g/mol. The number of hydrogen-bond acceptors (Lipinski definition) is 2. The smallest absolute Gasteiger partial charge is 0.221 e. The van der Waals surface area contributed by atoms with Crippen LogP contribution in [0.5, 0.6) is 0 Å². The Morgan fingerprint density at radius 2 is 1.64 bits per heavy atom. The van der Waals surface area contributed by atoms with Crippen LogP contribution in [0.1, 0.15) is 6.92 Å². The lowest BCUT2D eigenvalue weighted by molar-refractivity contribution is -0.114. The Hall–Kier alpha value is -1.62. The van der Waals surface area contributed by atoms with Gasteiger partial charge < -0.3 is 16.4 Å². The summed E-state index contributed by atoms with van der Waals surface area (Å²) in [5, 5.41) is 5.66. The molecule has 1 rings (SSSR count). The van der Waals surface area contributed by atoms with Gasteiger partial charge >= 0.3 is 0 Å². The fraction of sp³-hybridized carbons (Fsp3) is 0.111. The summed E-state index contributed by atoms with van der Waals surface area (Å²) in [4.78, 5) is 10.7. The van der Waals surface area contributed by atoms with E-state index in [-0.39, 0.29) is 11.0 Å². The first-order valence-electron chi connectivity index (χ1n) is 4.02. The van der Waals surface area contributed by atoms with Gasteiger partial charge in [-0.05, 0) is 36.5 Å². The van der Waals surface area contributed by atoms with E-state index >= 15 is 0 Å². The Kier molecular flexibility index (Phi) is 3.41. The van der Waals surface area contributed by atoms with Gasteiger partial charge in [-0.2, -0.15) is 0 Å². The van der Waals surface area contributed by atoms with E-state index in [1.54, 1.807) is 24.3 Å². The molecule has 0 aliphatic heterocycles. The SMILES string of the molecule is CC(=O)Nc1ccc(NC(N)=S)cc1. The molecule has 0 spiro atoms. The molecule has 0 aliphatic carbocycles. The molecule has 1 amide bonds. The second-order valence-corrected chi connectivity index (χ2v) is 3.19. The van der Waals surface area contributed by atoms with Crippen LogP contribution in [-0.4, -0.2) is 11.0 Å². The molecule has 14 heavy (non-hydrogen) atoms. The van der Waals surface area contributed by atoms with Crippen molar-refractivity contribution in [1.82, 2.24) is 0 Å². The molecule has 1 aromatic carbocycles. The Morgan fingerprint density at radius 3 is 2.00 bits per heavy atom. The zero-order valence-corrected chi connectivity index (χ0v) is 8.52. The van der Waals surface area contributed by atoms with Gasteiger partial charge in [0.1, 0.15) is 0 Å². The number of carbonyl (C=O) groups excluding carboxylic acids is 1. The highest BCUT2D eigenvalue weighted by molar-refractivity contribution is 7.80. The molecule has 4 N–H and O–H groups in total. The summed E-state index contributed by atoms with van der Waals surface area (Å²) in [6.45, 7) is 1.46. The van der Waals surface area contributed by atoms with Crippen LogP contribution >= 0.6 is 12.2 Å². The predicted octanol–water partition coefficient (Wildman–Crippen LogP) is 1.30. The van der Waals surface area contributed by atoms with Gasteiger partial charge in [0, 0.05) is 18.3 Å². The first-order chi connectivity index (χ1) is 6.58. The van der Waals surface area contributed by atoms with Crippen molar-refractivity contribution < 1.29 is 4.79 Å². The van der Waals surface area contributed by atoms with Crippen LogP contribution in [0, 0.1) is 0 Å². The number of thiocarbonyl (C=S) groups is 1. The summed E-state index contributed by atoms with van der Waals surface area (Å²) in [7, 11) is 0. The number of nitrogens with one attached hydrogen (secondary N) is 2. The quantitative estimate of drug-likeness (QED) is 0.642. The molecule has 74 valence electrons. The lowest BCUT2D eigenvalue weighted by Crippen LogP contribution is -2.18. The van der Waals surface area contributed by atoms with Crippen molar-refractivity contribution in [3.8, 4) is 0 Å². The summed E-state index contributed by atoms with van der Waals surface area (Å²) >= 11 is 4.68. The Morgan fingerprint density at radius 1 is 1.21 bits per heavy atom. The summed E-state index contributed by atoms with van der Waals surface area (Å²) in [6, 6.07) is 7.10. The maximum atomic E-state index is 10.7. The van der Waals surface area contributed by atoms with Crippen LogP contribution in [0.2, 0.25) is 0 Å². The van der Waals surface area contributed by atoms with Crippen LogP contribution < -0.4 is 16.4 Å². The number of nitrogens with two attached hydrogens (primary N) is 1. The van der Waals surface area contributed by atoms with Crippen molar-refractivity contribution in [2.24, 2.45) is 5.73 Å². The molecular weight excluding hydrogens is 198 g/mol. The van der Waals surface area contributed by atoms with Gasteiger partial charge in [-0.1, -0.05) is 0 Å². The minimum atomic E-state index is -0.0972. The topological polar surface area (TPSA) is 67.2 Å². The van der Waals surface area contributed by atoms with E-state index < -0.39 is 0 Å². The van der Waals surface area contributed by atoms with Gasteiger partial charge in [0.05, 0.1) is 0 Å². The highest BCUT2D eigenvalue weighted by Crippen LogP contribution is 2.12. The molecule has 0 unspecified atom stereocenters. The van der Waals surface area contributed by atoms with Crippen LogP contribution in [0.25, 0.3) is 0 Å². The minimum Gasteiger partial charge on any atom is -0.376 e. The summed E-state index contributed by atoms with van der Waals surface area (Å²) < 4.78 is 0. The van der Waals surface area contributed by atoms with E-state index in [1.165, 1.54) is 6.92 Å².